The molecule has 0 saturated carbocycles. The Labute approximate surface area is 227 Å². The highest BCUT2D eigenvalue weighted by Crippen LogP contribution is 2.41. The van der Waals surface area contributed by atoms with Crippen molar-refractivity contribution < 1.29 is 27.8 Å². The van der Waals surface area contributed by atoms with Crippen LogP contribution in [0.25, 0.3) is 22.3 Å². The summed E-state index contributed by atoms with van der Waals surface area (Å²) >= 11 is 7.83. The van der Waals surface area contributed by atoms with Gasteiger partial charge in [-0.25, -0.2) is 18.7 Å². The normalized spacial score (nSPS) is 15.4. The number of fused-ring (bicyclic) bond motifs is 1. The Morgan fingerprint density at radius 1 is 1.34 bits per heavy atom. The van der Waals surface area contributed by atoms with Crippen LogP contribution in [0.1, 0.15) is 18.9 Å². The molecule has 0 unspecified atom stereocenters. The van der Waals surface area contributed by atoms with E-state index in [1.165, 1.54) is 7.11 Å². The zero-order valence-corrected chi connectivity index (χ0v) is 22.8. The van der Waals surface area contributed by atoms with Crippen LogP contribution in [0.2, 0.25) is 5.02 Å². The lowest BCUT2D eigenvalue weighted by atomic mass is 10.1. The van der Waals surface area contributed by atoms with Gasteiger partial charge in [-0.2, -0.15) is 0 Å². The van der Waals surface area contributed by atoms with Crippen molar-refractivity contribution in [1.29, 1.82) is 0 Å². The zero-order valence-electron chi connectivity index (χ0n) is 21.2. The van der Waals surface area contributed by atoms with Crippen LogP contribution < -0.4 is 9.47 Å². The molecule has 1 aliphatic heterocycles. The van der Waals surface area contributed by atoms with Gasteiger partial charge >= 0.3 is 5.97 Å². The second-order valence-corrected chi connectivity index (χ2v) is 9.87. The van der Waals surface area contributed by atoms with Gasteiger partial charge in [-0.1, -0.05) is 23.4 Å². The number of halogens is 3. The largest absolute Gasteiger partial charge is 0.493 e. The molecule has 0 bridgehead atoms. The molecular formula is C25H28ClF2N5O4S. The Morgan fingerprint density at radius 3 is 2.84 bits per heavy atom. The van der Waals surface area contributed by atoms with E-state index in [1.807, 2.05) is 0 Å². The number of rotatable bonds is 11. The molecule has 2 aromatic heterocycles. The van der Waals surface area contributed by atoms with Crippen molar-refractivity contribution in [2.24, 2.45) is 4.99 Å². The molecule has 1 fully saturated rings. The quantitative estimate of drug-likeness (QED) is 0.154. The molecule has 9 nitrogen and oxygen atoms in total. The number of likely N-dealkylation sites (tertiary alicyclic amines) is 1. The highest BCUT2D eigenvalue weighted by molar-refractivity contribution is 7.99. The van der Waals surface area contributed by atoms with Gasteiger partial charge in [0.25, 0.3) is 5.92 Å². The number of hydrogen-bond donors (Lipinski definition) is 1. The SMILES string of the molecule is CCOC(=O)CSc1nc(-c2cc(OCCN3CCC(F)(F)C3)c(OC)cc2Cl)c2c(C=NC)c[nH]c2n1. The highest BCUT2D eigenvalue weighted by atomic mass is 35.5. The third-order valence-corrected chi connectivity index (χ3v) is 6.99. The summed E-state index contributed by atoms with van der Waals surface area (Å²) in [5.41, 5.74) is 2.35. The summed E-state index contributed by atoms with van der Waals surface area (Å²) in [5.74, 6) is -2.20. The van der Waals surface area contributed by atoms with Gasteiger partial charge in [0.05, 0.1) is 42.1 Å². The molecule has 1 aliphatic rings. The molecule has 204 valence electrons. The third kappa shape index (κ3) is 6.54. The van der Waals surface area contributed by atoms with Crippen LogP contribution in [-0.4, -0.2) is 90.7 Å². The van der Waals surface area contributed by atoms with E-state index in [-0.39, 0.29) is 37.9 Å². The molecule has 4 rings (SSSR count). The number of hydrogen-bond acceptors (Lipinski definition) is 9. The maximum Gasteiger partial charge on any atom is 0.316 e. The fourth-order valence-electron chi connectivity index (χ4n) is 4.13. The van der Waals surface area contributed by atoms with Crippen LogP contribution >= 0.6 is 23.4 Å². The second kappa shape index (κ2) is 12.3. The number of nitrogens with one attached hydrogen (secondary N) is 1. The van der Waals surface area contributed by atoms with Gasteiger partial charge in [-0.15, -0.1) is 0 Å². The van der Waals surface area contributed by atoms with E-state index >= 15 is 0 Å². The van der Waals surface area contributed by atoms with Crippen molar-refractivity contribution in [2.75, 3.05) is 52.8 Å². The molecule has 13 heteroatoms. The van der Waals surface area contributed by atoms with Crippen molar-refractivity contribution in [3.05, 3.63) is 28.9 Å². The Bertz CT molecular complexity index is 1340. The van der Waals surface area contributed by atoms with Gasteiger partial charge in [0, 0.05) is 56.2 Å². The Balaban J connectivity index is 1.68. The van der Waals surface area contributed by atoms with Crippen LogP contribution in [0.4, 0.5) is 8.78 Å². The molecule has 0 aliphatic carbocycles. The Morgan fingerprint density at radius 2 is 2.16 bits per heavy atom. The number of aromatic amines is 1. The lowest BCUT2D eigenvalue weighted by Gasteiger charge is -2.18. The number of thioether (sulfide) groups is 1. The van der Waals surface area contributed by atoms with E-state index in [9.17, 15) is 13.6 Å². The monoisotopic (exact) mass is 567 g/mol. The summed E-state index contributed by atoms with van der Waals surface area (Å²) in [5, 5.41) is 1.40. The number of carbonyl (C=O) groups is 1. The number of nitrogens with zero attached hydrogens (tertiary/aromatic N) is 4. The predicted molar refractivity (Wildman–Crippen MR) is 143 cm³/mol. The zero-order chi connectivity index (χ0) is 27.3. The first-order valence-corrected chi connectivity index (χ1v) is 13.3. The standard InChI is InChI=1S/C25H28ClF2N5O4S/c1-4-36-20(34)13-38-24-31-22(21-15(11-29-2)12-30-23(21)32-24)16-9-19(18(35-3)10-17(16)26)37-8-7-33-6-5-25(27,28)14-33/h9-12H,4-8,13-14H2,1-3H3,(H,30,31,32). The smallest absolute Gasteiger partial charge is 0.316 e. The molecule has 1 aromatic carbocycles. The number of aromatic nitrogens is 3. The molecule has 1 N–H and O–H groups in total. The Kier molecular flexibility index (Phi) is 9.06. The van der Waals surface area contributed by atoms with Gasteiger partial charge in [-0.05, 0) is 13.0 Å². The number of carbonyl (C=O) groups excluding carboxylic acids is 1. The van der Waals surface area contributed by atoms with Gasteiger partial charge in [-0.3, -0.25) is 14.7 Å². The summed E-state index contributed by atoms with van der Waals surface area (Å²) in [6, 6.07) is 3.33. The lowest BCUT2D eigenvalue weighted by molar-refractivity contribution is -0.139. The average Bonchev–Trinajstić information content (AvgIpc) is 3.45. The first-order valence-electron chi connectivity index (χ1n) is 11.9. The number of methoxy groups -OCH3 is 1. The summed E-state index contributed by atoms with van der Waals surface area (Å²) in [4.78, 5) is 30.1. The van der Waals surface area contributed by atoms with E-state index in [4.69, 9.17) is 30.8 Å². The summed E-state index contributed by atoms with van der Waals surface area (Å²) in [6.07, 6.45) is 3.29. The predicted octanol–water partition coefficient (Wildman–Crippen LogP) is 4.71. The summed E-state index contributed by atoms with van der Waals surface area (Å²) in [7, 11) is 3.15. The van der Waals surface area contributed by atoms with Gasteiger partial charge in [0.2, 0.25) is 0 Å². The van der Waals surface area contributed by atoms with Gasteiger partial charge < -0.3 is 19.2 Å². The maximum atomic E-state index is 13.5. The third-order valence-electron chi connectivity index (χ3n) is 5.86. The van der Waals surface area contributed by atoms with Crippen molar-refractivity contribution in [3.63, 3.8) is 0 Å². The van der Waals surface area contributed by atoms with Gasteiger partial charge in [0.15, 0.2) is 16.7 Å². The lowest BCUT2D eigenvalue weighted by Crippen LogP contribution is -2.29. The summed E-state index contributed by atoms with van der Waals surface area (Å²) < 4.78 is 43.5. The first-order chi connectivity index (χ1) is 18.2. The molecular weight excluding hydrogens is 540 g/mol. The number of alkyl halides is 2. The molecule has 0 spiro atoms. The molecule has 38 heavy (non-hydrogen) atoms. The first kappa shape index (κ1) is 28.1. The number of H-pyrrole nitrogens is 1. The van der Waals surface area contributed by atoms with E-state index in [2.05, 4.69) is 15.0 Å². The molecule has 3 heterocycles. The van der Waals surface area contributed by atoms with Crippen molar-refractivity contribution in [2.45, 2.75) is 24.4 Å². The van der Waals surface area contributed by atoms with Crippen LogP contribution in [0, 0.1) is 0 Å². The fraction of sp³-hybridized carbons (Fsp3) is 0.440. The number of benzene rings is 1. The van der Waals surface area contributed by atoms with Crippen LogP contribution in [0.15, 0.2) is 28.5 Å². The minimum Gasteiger partial charge on any atom is -0.493 e. The van der Waals surface area contributed by atoms with Crippen LogP contribution in [-0.2, 0) is 9.53 Å². The van der Waals surface area contributed by atoms with Gasteiger partial charge in [0.1, 0.15) is 12.3 Å². The topological polar surface area (TPSA) is 102 Å². The molecule has 1 saturated heterocycles. The van der Waals surface area contributed by atoms with Crippen molar-refractivity contribution in [3.8, 4) is 22.8 Å². The minimum absolute atomic E-state index is 0.0447. The molecule has 0 atom stereocenters. The second-order valence-electron chi connectivity index (χ2n) is 8.52. The molecule has 0 amide bonds. The van der Waals surface area contributed by atoms with Crippen LogP contribution in [0.3, 0.4) is 0 Å². The van der Waals surface area contributed by atoms with E-state index in [0.29, 0.717) is 57.1 Å². The summed E-state index contributed by atoms with van der Waals surface area (Å²) in [6.45, 7) is 2.60. The van der Waals surface area contributed by atoms with E-state index in [0.717, 1.165) is 17.3 Å². The van der Waals surface area contributed by atoms with E-state index < -0.39 is 5.92 Å². The molecule has 3 aromatic rings. The number of ether oxygens (including phenoxy) is 3. The maximum absolute atomic E-state index is 13.5. The number of aliphatic imine (C=N–C) groups is 1. The van der Waals surface area contributed by atoms with Crippen molar-refractivity contribution in [1.82, 2.24) is 19.9 Å². The van der Waals surface area contributed by atoms with Crippen LogP contribution in [0.5, 0.6) is 11.5 Å². The Hall–Kier alpha value is -2.96. The number of esters is 1. The highest BCUT2D eigenvalue weighted by Gasteiger charge is 2.37. The fourth-order valence-corrected chi connectivity index (χ4v) is 5.02. The van der Waals surface area contributed by atoms with Crippen molar-refractivity contribution >= 4 is 46.6 Å². The average molecular weight is 568 g/mol. The van der Waals surface area contributed by atoms with E-state index in [1.54, 1.807) is 43.4 Å². The minimum atomic E-state index is -2.66. The molecule has 0 radical (unpaired) electrons.